The van der Waals surface area contributed by atoms with E-state index in [0.717, 1.165) is 16.9 Å². The molecule has 1 atom stereocenters. The van der Waals surface area contributed by atoms with Gasteiger partial charge in [0.25, 0.3) is 0 Å². The van der Waals surface area contributed by atoms with Gasteiger partial charge in [-0.25, -0.2) is 0 Å². The van der Waals surface area contributed by atoms with Gasteiger partial charge in [-0.05, 0) is 43.9 Å². The van der Waals surface area contributed by atoms with Crippen LogP contribution in [0, 0.1) is 19.8 Å². The average Bonchev–Trinajstić information content (AvgIpc) is 2.42. The number of nitrogens with two attached hydrogens (primary N) is 1. The highest BCUT2D eigenvalue weighted by molar-refractivity contribution is 5.85. The second-order valence-corrected chi connectivity index (χ2v) is 6.19. The molecule has 0 saturated carbocycles. The number of carbonyl (C=O) groups is 1. The van der Waals surface area contributed by atoms with Gasteiger partial charge in [-0.1, -0.05) is 26.0 Å². The number of halogens is 1. The first-order valence-electron chi connectivity index (χ1n) is 7.49. The minimum Gasteiger partial charge on any atom is -0.493 e. The van der Waals surface area contributed by atoms with Crippen LogP contribution in [0.4, 0.5) is 0 Å². The topological polar surface area (TPSA) is 64.3 Å². The standard InChI is InChI=1S/C17H28N2O2.ClH/c1-12(2)17(5,11-18)19-16(20)8-9-21-15-10-13(3)6-7-14(15)4;/h6-7,10,12H,8-9,11,18H2,1-5H3,(H,19,20);1H. The molecule has 0 aliphatic heterocycles. The number of nitrogens with one attached hydrogen (secondary N) is 1. The predicted octanol–water partition coefficient (Wildman–Crippen LogP) is 2.98. The van der Waals surface area contributed by atoms with Crippen LogP contribution >= 0.6 is 12.4 Å². The first kappa shape index (κ1) is 20.7. The maximum atomic E-state index is 12.0. The summed E-state index contributed by atoms with van der Waals surface area (Å²) in [6, 6.07) is 6.06. The molecule has 4 nitrogen and oxygen atoms in total. The van der Waals surface area contributed by atoms with Crippen molar-refractivity contribution in [2.24, 2.45) is 11.7 Å². The first-order valence-corrected chi connectivity index (χ1v) is 7.49. The molecular weight excluding hydrogens is 300 g/mol. The molecule has 3 N–H and O–H groups in total. The minimum absolute atomic E-state index is 0. The Morgan fingerprint density at radius 2 is 2.00 bits per heavy atom. The van der Waals surface area contributed by atoms with Crippen LogP contribution in [0.3, 0.4) is 0 Å². The quantitative estimate of drug-likeness (QED) is 0.808. The SMILES string of the molecule is Cc1ccc(C)c(OCCC(=O)NC(C)(CN)C(C)C)c1.Cl. The Labute approximate surface area is 140 Å². The normalized spacial score (nSPS) is 13.2. The van der Waals surface area contributed by atoms with Crippen LogP contribution in [0.25, 0.3) is 0 Å². The van der Waals surface area contributed by atoms with Crippen molar-refractivity contribution in [2.75, 3.05) is 13.2 Å². The Balaban J connectivity index is 0.00000441. The molecule has 5 heteroatoms. The third kappa shape index (κ3) is 5.85. The fraction of sp³-hybridized carbons (Fsp3) is 0.588. The van der Waals surface area contributed by atoms with Crippen molar-refractivity contribution in [3.8, 4) is 5.75 Å². The summed E-state index contributed by atoms with van der Waals surface area (Å²) in [4.78, 5) is 12.0. The van der Waals surface area contributed by atoms with Gasteiger partial charge in [0.15, 0.2) is 0 Å². The zero-order valence-electron chi connectivity index (χ0n) is 14.2. The number of ether oxygens (including phenoxy) is 1. The Hall–Kier alpha value is -1.26. The van der Waals surface area contributed by atoms with Gasteiger partial charge in [0, 0.05) is 6.54 Å². The van der Waals surface area contributed by atoms with E-state index in [2.05, 4.69) is 19.2 Å². The zero-order chi connectivity index (χ0) is 16.0. The first-order chi connectivity index (χ1) is 9.78. The van der Waals surface area contributed by atoms with Crippen molar-refractivity contribution in [1.82, 2.24) is 5.32 Å². The van der Waals surface area contributed by atoms with Crippen LogP contribution in [0.2, 0.25) is 0 Å². The number of aryl methyl sites for hydroxylation is 2. The van der Waals surface area contributed by atoms with Gasteiger partial charge in [-0.15, -0.1) is 12.4 Å². The van der Waals surface area contributed by atoms with Crippen LogP contribution in [0.15, 0.2) is 18.2 Å². The number of hydrogen-bond acceptors (Lipinski definition) is 3. The molecule has 0 saturated heterocycles. The van der Waals surface area contributed by atoms with Gasteiger partial charge in [0.05, 0.1) is 18.6 Å². The van der Waals surface area contributed by atoms with E-state index in [1.807, 2.05) is 39.0 Å². The van der Waals surface area contributed by atoms with Gasteiger partial charge < -0.3 is 15.8 Å². The highest BCUT2D eigenvalue weighted by atomic mass is 35.5. The molecule has 0 spiro atoms. The summed E-state index contributed by atoms with van der Waals surface area (Å²) in [5, 5.41) is 3.01. The second kappa shape index (κ2) is 9.01. The fourth-order valence-corrected chi connectivity index (χ4v) is 1.93. The molecule has 0 bridgehead atoms. The number of hydrogen-bond donors (Lipinski definition) is 2. The molecule has 0 aromatic heterocycles. The van der Waals surface area contributed by atoms with Crippen molar-refractivity contribution >= 4 is 18.3 Å². The maximum Gasteiger partial charge on any atom is 0.223 e. The van der Waals surface area contributed by atoms with Gasteiger partial charge in [-0.2, -0.15) is 0 Å². The van der Waals surface area contributed by atoms with Gasteiger partial charge in [-0.3, -0.25) is 4.79 Å². The average molecular weight is 329 g/mol. The largest absolute Gasteiger partial charge is 0.493 e. The van der Waals surface area contributed by atoms with Crippen LogP contribution in [-0.2, 0) is 4.79 Å². The summed E-state index contributed by atoms with van der Waals surface area (Å²) in [5.41, 5.74) is 7.63. The molecule has 1 aromatic rings. The van der Waals surface area contributed by atoms with E-state index in [1.165, 1.54) is 0 Å². The van der Waals surface area contributed by atoms with E-state index in [1.54, 1.807) is 0 Å². The number of amides is 1. The summed E-state index contributed by atoms with van der Waals surface area (Å²) in [6.45, 7) is 10.9. The van der Waals surface area contributed by atoms with Crippen molar-refractivity contribution in [1.29, 1.82) is 0 Å². The fourth-order valence-electron chi connectivity index (χ4n) is 1.93. The van der Waals surface area contributed by atoms with Crippen molar-refractivity contribution in [3.63, 3.8) is 0 Å². The third-order valence-corrected chi connectivity index (χ3v) is 4.05. The van der Waals surface area contributed by atoms with Crippen LogP contribution in [-0.4, -0.2) is 24.6 Å². The van der Waals surface area contributed by atoms with Crippen LogP contribution in [0.1, 0.15) is 38.3 Å². The molecule has 22 heavy (non-hydrogen) atoms. The van der Waals surface area contributed by atoms with Gasteiger partial charge in [0.2, 0.25) is 5.91 Å². The maximum absolute atomic E-state index is 12.0. The van der Waals surface area contributed by atoms with Crippen molar-refractivity contribution in [2.45, 2.75) is 46.6 Å². The molecule has 1 aromatic carbocycles. The molecule has 126 valence electrons. The van der Waals surface area contributed by atoms with E-state index in [0.29, 0.717) is 19.6 Å². The molecule has 0 radical (unpaired) electrons. The van der Waals surface area contributed by atoms with Gasteiger partial charge >= 0.3 is 0 Å². The number of carbonyl (C=O) groups excluding carboxylic acids is 1. The summed E-state index contributed by atoms with van der Waals surface area (Å²) in [6.07, 6.45) is 0.329. The Bertz CT molecular complexity index is 492. The Morgan fingerprint density at radius 1 is 1.36 bits per heavy atom. The monoisotopic (exact) mass is 328 g/mol. The summed E-state index contributed by atoms with van der Waals surface area (Å²) >= 11 is 0. The molecule has 0 aliphatic carbocycles. The molecule has 1 amide bonds. The van der Waals surface area contributed by atoms with Crippen molar-refractivity contribution < 1.29 is 9.53 Å². The molecular formula is C17H29ClN2O2. The van der Waals surface area contributed by atoms with Crippen molar-refractivity contribution in [3.05, 3.63) is 29.3 Å². The van der Waals surface area contributed by atoms with Gasteiger partial charge in [0.1, 0.15) is 5.75 Å². The predicted molar refractivity (Wildman–Crippen MR) is 93.7 cm³/mol. The van der Waals surface area contributed by atoms with Crippen LogP contribution < -0.4 is 15.8 Å². The number of rotatable bonds is 7. The summed E-state index contributed by atoms with van der Waals surface area (Å²) in [5.74, 6) is 1.10. The molecule has 1 rings (SSSR count). The van der Waals surface area contributed by atoms with E-state index in [9.17, 15) is 4.79 Å². The van der Waals surface area contributed by atoms with E-state index in [-0.39, 0.29) is 29.8 Å². The van der Waals surface area contributed by atoms with E-state index >= 15 is 0 Å². The molecule has 0 heterocycles. The van der Waals surface area contributed by atoms with Crippen LogP contribution in [0.5, 0.6) is 5.75 Å². The zero-order valence-corrected chi connectivity index (χ0v) is 15.0. The lowest BCUT2D eigenvalue weighted by molar-refractivity contribution is -0.123. The minimum atomic E-state index is -0.365. The lowest BCUT2D eigenvalue weighted by Gasteiger charge is -2.33. The third-order valence-electron chi connectivity index (χ3n) is 4.05. The summed E-state index contributed by atoms with van der Waals surface area (Å²) in [7, 11) is 0. The molecule has 0 fully saturated rings. The van der Waals surface area contributed by atoms with E-state index in [4.69, 9.17) is 10.5 Å². The number of benzene rings is 1. The van der Waals surface area contributed by atoms with E-state index < -0.39 is 0 Å². The highest BCUT2D eigenvalue weighted by Gasteiger charge is 2.28. The highest BCUT2D eigenvalue weighted by Crippen LogP contribution is 2.19. The smallest absolute Gasteiger partial charge is 0.223 e. The summed E-state index contributed by atoms with van der Waals surface area (Å²) < 4.78 is 5.70. The lowest BCUT2D eigenvalue weighted by Crippen LogP contribution is -2.55. The molecule has 0 aliphatic rings. The lowest BCUT2D eigenvalue weighted by atomic mass is 9.88. The second-order valence-electron chi connectivity index (χ2n) is 6.19. The Morgan fingerprint density at radius 3 is 2.55 bits per heavy atom. The Kier molecular flexibility index (Phi) is 8.49. The molecule has 1 unspecified atom stereocenters.